The van der Waals surface area contributed by atoms with E-state index < -0.39 is 6.04 Å². The number of carbonyl (C=O) groups is 1. The smallest absolute Gasteiger partial charge is 0.242 e. The third kappa shape index (κ3) is 3.03. The van der Waals surface area contributed by atoms with Crippen LogP contribution in [0.25, 0.3) is 0 Å². The summed E-state index contributed by atoms with van der Waals surface area (Å²) in [5, 5.41) is 3.16. The molecule has 1 amide bonds. The van der Waals surface area contributed by atoms with E-state index in [1.54, 1.807) is 0 Å². The topological polar surface area (TPSA) is 64.3 Å². The summed E-state index contributed by atoms with van der Waals surface area (Å²) in [7, 11) is 0. The van der Waals surface area contributed by atoms with Gasteiger partial charge in [0.25, 0.3) is 0 Å². The van der Waals surface area contributed by atoms with Gasteiger partial charge in [-0.2, -0.15) is 0 Å². The summed E-state index contributed by atoms with van der Waals surface area (Å²) in [5.41, 5.74) is 6.31. The van der Waals surface area contributed by atoms with Gasteiger partial charge >= 0.3 is 0 Å². The monoisotopic (exact) mass is 312 g/mol. The van der Waals surface area contributed by atoms with Crippen LogP contribution in [-0.4, -0.2) is 24.2 Å². The number of hydrogen-bond acceptors (Lipinski definition) is 3. The molecule has 0 radical (unpaired) electrons. The van der Waals surface area contributed by atoms with Crippen molar-refractivity contribution in [2.45, 2.75) is 38.0 Å². The molecule has 3 atom stereocenters. The third-order valence-corrected chi connectivity index (χ3v) is 3.82. The molecule has 0 aliphatic carbocycles. The second-order valence-corrected chi connectivity index (χ2v) is 5.42. The van der Waals surface area contributed by atoms with Crippen molar-refractivity contribution in [3.05, 3.63) is 28.7 Å². The van der Waals surface area contributed by atoms with Gasteiger partial charge in [-0.15, -0.1) is 0 Å². The average Bonchev–Trinajstić information content (AvgIpc) is 2.74. The van der Waals surface area contributed by atoms with E-state index in [0.29, 0.717) is 0 Å². The Hall–Kier alpha value is -1.07. The van der Waals surface area contributed by atoms with E-state index in [2.05, 4.69) is 21.2 Å². The summed E-state index contributed by atoms with van der Waals surface area (Å²) < 4.78 is 6.62. The lowest BCUT2D eigenvalue weighted by atomic mass is 10.1. The highest BCUT2D eigenvalue weighted by atomic mass is 79.9. The Kier molecular flexibility index (Phi) is 4.24. The molecular formula is C13H17BrN2O2. The molecule has 1 aliphatic heterocycles. The number of anilines is 1. The number of nitrogens with one attached hydrogen (secondary N) is 1. The van der Waals surface area contributed by atoms with Gasteiger partial charge in [-0.3, -0.25) is 4.79 Å². The molecule has 5 heteroatoms. The minimum atomic E-state index is -0.492. The van der Waals surface area contributed by atoms with E-state index in [4.69, 9.17) is 10.5 Å². The van der Waals surface area contributed by atoms with E-state index >= 15 is 0 Å². The quantitative estimate of drug-likeness (QED) is 0.896. The van der Waals surface area contributed by atoms with Gasteiger partial charge in [0.2, 0.25) is 5.91 Å². The Morgan fingerprint density at radius 2 is 2.22 bits per heavy atom. The van der Waals surface area contributed by atoms with Gasteiger partial charge in [-0.1, -0.05) is 12.1 Å². The molecule has 3 unspecified atom stereocenters. The second kappa shape index (κ2) is 5.71. The summed E-state index contributed by atoms with van der Waals surface area (Å²) in [5.74, 6) is -0.384. The number of carbonyl (C=O) groups excluding carboxylic acids is 1. The number of benzene rings is 1. The number of primary amides is 1. The fourth-order valence-corrected chi connectivity index (χ4v) is 2.57. The van der Waals surface area contributed by atoms with Crippen molar-refractivity contribution in [1.29, 1.82) is 0 Å². The molecule has 1 aliphatic rings. The minimum Gasteiger partial charge on any atom is -0.373 e. The average molecular weight is 313 g/mol. The van der Waals surface area contributed by atoms with Crippen LogP contribution in [0.15, 0.2) is 28.7 Å². The molecule has 0 bridgehead atoms. The van der Waals surface area contributed by atoms with E-state index in [1.165, 1.54) is 0 Å². The lowest BCUT2D eigenvalue weighted by molar-refractivity contribution is -0.121. The highest BCUT2D eigenvalue weighted by Gasteiger charge is 2.33. The van der Waals surface area contributed by atoms with Gasteiger partial charge in [0.05, 0.1) is 12.2 Å². The number of rotatable bonds is 4. The zero-order valence-electron chi connectivity index (χ0n) is 10.2. The summed E-state index contributed by atoms with van der Waals surface area (Å²) in [6, 6.07) is 7.15. The van der Waals surface area contributed by atoms with E-state index in [9.17, 15) is 4.79 Å². The maximum Gasteiger partial charge on any atom is 0.242 e. The lowest BCUT2D eigenvalue weighted by Crippen LogP contribution is -2.44. The number of hydrogen-bond donors (Lipinski definition) is 2. The number of amides is 1. The van der Waals surface area contributed by atoms with Crippen LogP contribution in [0.3, 0.4) is 0 Å². The highest BCUT2D eigenvalue weighted by molar-refractivity contribution is 9.10. The summed E-state index contributed by atoms with van der Waals surface area (Å²) in [6.07, 6.45) is 1.86. The zero-order chi connectivity index (χ0) is 13.1. The first kappa shape index (κ1) is 13.4. The molecule has 3 N–H and O–H groups in total. The van der Waals surface area contributed by atoms with Crippen molar-refractivity contribution < 1.29 is 9.53 Å². The first-order valence-electron chi connectivity index (χ1n) is 6.04. The van der Waals surface area contributed by atoms with Crippen LogP contribution in [0.1, 0.15) is 19.8 Å². The molecule has 0 aromatic heterocycles. The van der Waals surface area contributed by atoms with Crippen molar-refractivity contribution in [3.63, 3.8) is 0 Å². The van der Waals surface area contributed by atoms with E-state index in [-0.39, 0.29) is 18.1 Å². The Morgan fingerprint density at radius 3 is 2.78 bits per heavy atom. The predicted molar refractivity (Wildman–Crippen MR) is 74.3 cm³/mol. The molecular weight excluding hydrogens is 296 g/mol. The molecule has 1 saturated heterocycles. The molecule has 2 rings (SSSR count). The number of ether oxygens (including phenoxy) is 1. The van der Waals surface area contributed by atoms with Crippen molar-refractivity contribution in [3.8, 4) is 0 Å². The molecule has 0 saturated carbocycles. The molecule has 98 valence electrons. The number of halogens is 1. The van der Waals surface area contributed by atoms with Gasteiger partial charge in [-0.05, 0) is 47.8 Å². The van der Waals surface area contributed by atoms with E-state index in [0.717, 1.165) is 23.0 Å². The molecule has 1 aromatic carbocycles. The molecule has 1 heterocycles. The van der Waals surface area contributed by atoms with Crippen LogP contribution >= 0.6 is 15.9 Å². The largest absolute Gasteiger partial charge is 0.373 e. The van der Waals surface area contributed by atoms with Crippen LogP contribution in [0.4, 0.5) is 5.69 Å². The van der Waals surface area contributed by atoms with Crippen molar-refractivity contribution in [2.24, 2.45) is 5.73 Å². The molecule has 1 aromatic rings. The van der Waals surface area contributed by atoms with Gasteiger partial charge in [0, 0.05) is 10.2 Å². The van der Waals surface area contributed by atoms with Crippen molar-refractivity contribution in [2.75, 3.05) is 5.32 Å². The van der Waals surface area contributed by atoms with E-state index in [1.807, 2.05) is 31.2 Å². The minimum absolute atomic E-state index is 0.149. The maximum atomic E-state index is 11.6. The van der Waals surface area contributed by atoms with Crippen LogP contribution in [0.2, 0.25) is 0 Å². The second-order valence-electron chi connectivity index (χ2n) is 4.57. The standard InChI is InChI=1S/C13H17BrN2O2/c1-8-6-7-11(18-8)12(13(15)17)16-10-5-3-2-4-9(10)14/h2-5,8,11-12,16H,6-7H2,1H3,(H2,15,17). The molecule has 1 fully saturated rings. The predicted octanol–water partition coefficient (Wildman–Crippen LogP) is 2.28. The lowest BCUT2D eigenvalue weighted by Gasteiger charge is -2.23. The van der Waals surface area contributed by atoms with Crippen LogP contribution in [0, 0.1) is 0 Å². The Morgan fingerprint density at radius 1 is 1.50 bits per heavy atom. The summed E-state index contributed by atoms with van der Waals surface area (Å²) >= 11 is 3.44. The SMILES string of the molecule is CC1CCC(C(Nc2ccccc2Br)C(N)=O)O1. The van der Waals surface area contributed by atoms with Crippen LogP contribution in [-0.2, 0) is 9.53 Å². The Bertz CT molecular complexity index is 439. The van der Waals surface area contributed by atoms with Gasteiger partial charge < -0.3 is 15.8 Å². The maximum absolute atomic E-state index is 11.6. The van der Waals surface area contributed by atoms with Crippen LogP contribution in [0.5, 0.6) is 0 Å². The highest BCUT2D eigenvalue weighted by Crippen LogP contribution is 2.27. The molecule has 0 spiro atoms. The summed E-state index contributed by atoms with van der Waals surface area (Å²) in [6.45, 7) is 2.01. The van der Waals surface area contributed by atoms with Gasteiger partial charge in [-0.25, -0.2) is 0 Å². The normalized spacial score (nSPS) is 24.8. The zero-order valence-corrected chi connectivity index (χ0v) is 11.8. The third-order valence-electron chi connectivity index (χ3n) is 3.13. The summed E-state index contributed by atoms with van der Waals surface area (Å²) in [4.78, 5) is 11.6. The van der Waals surface area contributed by atoms with Crippen molar-refractivity contribution >= 4 is 27.5 Å². The van der Waals surface area contributed by atoms with Crippen LogP contribution < -0.4 is 11.1 Å². The fraction of sp³-hybridized carbons (Fsp3) is 0.462. The Labute approximate surface area is 115 Å². The molecule has 18 heavy (non-hydrogen) atoms. The van der Waals surface area contributed by atoms with Gasteiger partial charge in [0.15, 0.2) is 0 Å². The fourth-order valence-electron chi connectivity index (χ4n) is 2.17. The first-order valence-corrected chi connectivity index (χ1v) is 6.83. The van der Waals surface area contributed by atoms with Crippen molar-refractivity contribution in [1.82, 2.24) is 0 Å². The number of nitrogens with two attached hydrogens (primary N) is 1. The first-order chi connectivity index (χ1) is 8.58. The van der Waals surface area contributed by atoms with Gasteiger partial charge in [0.1, 0.15) is 6.04 Å². The molecule has 4 nitrogen and oxygen atoms in total. The Balaban J connectivity index is 2.12. The number of para-hydroxylation sites is 1.